The largest absolute Gasteiger partial charge is 0.478 e. The Morgan fingerprint density at radius 3 is 2.55 bits per heavy atom. The summed E-state index contributed by atoms with van der Waals surface area (Å²) in [6.45, 7) is -1.65. The smallest absolute Gasteiger partial charge is 0.402 e. The van der Waals surface area contributed by atoms with E-state index in [-0.39, 0.29) is 4.31 Å². The van der Waals surface area contributed by atoms with Gasteiger partial charge in [0.1, 0.15) is 12.1 Å². The Balaban J connectivity index is 2.40. The lowest BCUT2D eigenvalue weighted by atomic mass is 10.4. The van der Waals surface area contributed by atoms with E-state index in [1.807, 2.05) is 5.10 Å². The molecule has 7 nitrogen and oxygen atoms in total. The van der Waals surface area contributed by atoms with Gasteiger partial charge in [-0.25, -0.2) is 13.2 Å². The number of nitrogens with zero attached hydrogens (tertiary/aromatic N) is 2. The van der Waals surface area contributed by atoms with Crippen molar-refractivity contribution in [2.45, 2.75) is 30.1 Å². The van der Waals surface area contributed by atoms with Crippen LogP contribution in [0.25, 0.3) is 0 Å². The number of hydrogen-bond donors (Lipinski definition) is 2. The molecule has 1 aliphatic rings. The monoisotopic (exact) mass is 313 g/mol. The molecule has 0 radical (unpaired) electrons. The quantitative estimate of drug-likeness (QED) is 0.838. The number of H-pyrrole nitrogens is 1. The number of hydrogen-bond acceptors (Lipinski definition) is 4. The second-order valence-corrected chi connectivity index (χ2v) is 6.14. The molecular formula is C9H10F3N3O4S. The Hall–Kier alpha value is -1.62. The van der Waals surface area contributed by atoms with E-state index in [1.165, 1.54) is 0 Å². The molecule has 0 atom stereocenters. The summed E-state index contributed by atoms with van der Waals surface area (Å²) in [5, 5.41) is 13.2. The molecule has 1 fully saturated rings. The average molecular weight is 313 g/mol. The van der Waals surface area contributed by atoms with Gasteiger partial charge in [0, 0.05) is 6.04 Å². The van der Waals surface area contributed by atoms with E-state index in [2.05, 4.69) is 5.10 Å². The lowest BCUT2D eigenvalue weighted by molar-refractivity contribution is -0.137. The normalized spacial score (nSPS) is 16.6. The fourth-order valence-electron chi connectivity index (χ4n) is 1.69. The summed E-state index contributed by atoms with van der Waals surface area (Å²) in [6, 6.07) is -0.758. The number of alkyl halides is 3. The molecule has 0 spiro atoms. The number of halogens is 3. The van der Waals surface area contributed by atoms with Gasteiger partial charge in [0.05, 0.1) is 6.20 Å². The minimum Gasteiger partial charge on any atom is -0.478 e. The molecule has 2 N–H and O–H groups in total. The SMILES string of the molecule is O=C(O)c1cn[nH]c1S(=O)(=O)N(CC(F)(F)F)C1CC1. The first-order valence-electron chi connectivity index (χ1n) is 5.48. The van der Waals surface area contributed by atoms with Crippen molar-refractivity contribution in [1.82, 2.24) is 14.5 Å². The van der Waals surface area contributed by atoms with Gasteiger partial charge in [0.2, 0.25) is 0 Å². The molecule has 1 aromatic heterocycles. The maximum absolute atomic E-state index is 12.5. The molecule has 0 aliphatic heterocycles. The Morgan fingerprint density at radius 1 is 1.50 bits per heavy atom. The summed E-state index contributed by atoms with van der Waals surface area (Å²) in [7, 11) is -4.59. The van der Waals surface area contributed by atoms with Crippen molar-refractivity contribution < 1.29 is 31.5 Å². The first-order chi connectivity index (χ1) is 9.13. The zero-order valence-corrected chi connectivity index (χ0v) is 10.7. The fourth-order valence-corrected chi connectivity index (χ4v) is 3.43. The minimum absolute atomic E-state index is 0.271. The van der Waals surface area contributed by atoms with Gasteiger partial charge in [-0.15, -0.1) is 0 Å². The first kappa shape index (κ1) is 14.8. The summed E-state index contributed by atoms with van der Waals surface area (Å²) in [5.41, 5.74) is -0.683. The number of aromatic carboxylic acids is 1. The Labute approximate surface area is 111 Å². The van der Waals surface area contributed by atoms with Gasteiger partial charge in [-0.1, -0.05) is 0 Å². The molecule has 1 aromatic rings. The molecule has 1 heterocycles. The maximum Gasteiger partial charge on any atom is 0.402 e. The van der Waals surface area contributed by atoms with Crippen LogP contribution in [-0.4, -0.2) is 52.8 Å². The van der Waals surface area contributed by atoms with Gasteiger partial charge < -0.3 is 5.11 Å². The Bertz CT molecular complexity index is 621. The van der Waals surface area contributed by atoms with Crippen LogP contribution < -0.4 is 0 Å². The van der Waals surface area contributed by atoms with E-state index in [1.54, 1.807) is 0 Å². The van der Waals surface area contributed by atoms with Crippen LogP contribution in [0.2, 0.25) is 0 Å². The van der Waals surface area contributed by atoms with Gasteiger partial charge in [-0.3, -0.25) is 5.10 Å². The van der Waals surface area contributed by atoms with E-state index in [0.717, 1.165) is 6.20 Å². The van der Waals surface area contributed by atoms with Gasteiger partial charge in [-0.2, -0.15) is 22.6 Å². The van der Waals surface area contributed by atoms with Crippen LogP contribution in [0.4, 0.5) is 13.2 Å². The lowest BCUT2D eigenvalue weighted by Gasteiger charge is -2.22. The van der Waals surface area contributed by atoms with E-state index in [4.69, 9.17) is 5.11 Å². The van der Waals surface area contributed by atoms with Crippen molar-refractivity contribution in [3.63, 3.8) is 0 Å². The predicted octanol–water partition coefficient (Wildman–Crippen LogP) is 0.823. The van der Waals surface area contributed by atoms with E-state index in [0.29, 0.717) is 12.8 Å². The van der Waals surface area contributed by atoms with Gasteiger partial charge >= 0.3 is 12.1 Å². The number of carbonyl (C=O) groups is 1. The molecule has 11 heteroatoms. The average Bonchev–Trinajstić information content (AvgIpc) is 2.99. The molecule has 0 amide bonds. The molecule has 20 heavy (non-hydrogen) atoms. The fraction of sp³-hybridized carbons (Fsp3) is 0.556. The van der Waals surface area contributed by atoms with Crippen molar-refractivity contribution in [2.24, 2.45) is 0 Å². The summed E-state index contributed by atoms with van der Waals surface area (Å²) in [6.07, 6.45) is -3.34. The molecule has 0 saturated heterocycles. The number of nitrogens with one attached hydrogen (secondary N) is 1. The minimum atomic E-state index is -4.71. The highest BCUT2D eigenvalue weighted by molar-refractivity contribution is 7.89. The van der Waals surface area contributed by atoms with Crippen LogP contribution in [0, 0.1) is 0 Å². The summed E-state index contributed by atoms with van der Waals surface area (Å²) < 4.78 is 62.0. The van der Waals surface area contributed by atoms with Crippen LogP contribution in [0.1, 0.15) is 23.2 Å². The summed E-state index contributed by atoms with van der Waals surface area (Å²) in [4.78, 5) is 10.9. The number of rotatable bonds is 5. The number of carboxylic acids is 1. The molecule has 0 bridgehead atoms. The van der Waals surface area contributed by atoms with Crippen molar-refractivity contribution >= 4 is 16.0 Å². The number of carboxylic acid groups (broad SMARTS) is 1. The van der Waals surface area contributed by atoms with Crippen molar-refractivity contribution in [2.75, 3.05) is 6.54 Å². The number of aromatic amines is 1. The first-order valence-corrected chi connectivity index (χ1v) is 6.92. The van der Waals surface area contributed by atoms with E-state index < -0.39 is 45.3 Å². The topological polar surface area (TPSA) is 103 Å². The standard InChI is InChI=1S/C9H10F3N3O4S/c10-9(11,12)4-15(5-1-2-5)20(18,19)7-6(8(16)17)3-13-14-7/h3,5H,1-2,4H2,(H,13,14)(H,16,17). The molecule has 112 valence electrons. The molecule has 2 rings (SSSR count). The molecule has 0 aromatic carbocycles. The molecule has 1 aliphatic carbocycles. The Kier molecular flexibility index (Phi) is 3.50. The van der Waals surface area contributed by atoms with Crippen LogP contribution in [0.3, 0.4) is 0 Å². The second kappa shape index (κ2) is 4.74. The third-order valence-corrected chi connectivity index (χ3v) is 4.56. The van der Waals surface area contributed by atoms with Gasteiger partial charge in [0.15, 0.2) is 5.03 Å². The van der Waals surface area contributed by atoms with E-state index in [9.17, 15) is 26.4 Å². The second-order valence-electron chi connectivity index (χ2n) is 4.31. The van der Waals surface area contributed by atoms with Crippen LogP contribution in [0.15, 0.2) is 11.2 Å². The highest BCUT2D eigenvalue weighted by atomic mass is 32.2. The van der Waals surface area contributed by atoms with Crippen molar-refractivity contribution in [1.29, 1.82) is 0 Å². The third kappa shape index (κ3) is 2.93. The lowest BCUT2D eigenvalue weighted by Crippen LogP contribution is -2.41. The zero-order valence-electron chi connectivity index (χ0n) is 9.88. The van der Waals surface area contributed by atoms with E-state index >= 15 is 0 Å². The molecule has 0 unspecified atom stereocenters. The van der Waals surface area contributed by atoms with Crippen LogP contribution >= 0.6 is 0 Å². The van der Waals surface area contributed by atoms with Gasteiger partial charge in [0.25, 0.3) is 10.0 Å². The third-order valence-electron chi connectivity index (χ3n) is 2.69. The Morgan fingerprint density at radius 2 is 2.10 bits per heavy atom. The summed E-state index contributed by atoms with van der Waals surface area (Å²) in [5.74, 6) is -1.58. The molecular weight excluding hydrogens is 303 g/mol. The van der Waals surface area contributed by atoms with Crippen molar-refractivity contribution in [3.05, 3.63) is 11.8 Å². The highest BCUT2D eigenvalue weighted by Gasteiger charge is 2.46. The maximum atomic E-state index is 12.5. The van der Waals surface area contributed by atoms with Gasteiger partial charge in [-0.05, 0) is 12.8 Å². The zero-order chi connectivity index (χ0) is 15.1. The highest BCUT2D eigenvalue weighted by Crippen LogP contribution is 2.34. The van der Waals surface area contributed by atoms with Crippen LogP contribution in [-0.2, 0) is 10.0 Å². The van der Waals surface area contributed by atoms with Crippen LogP contribution in [0.5, 0.6) is 0 Å². The summed E-state index contributed by atoms with van der Waals surface area (Å²) >= 11 is 0. The van der Waals surface area contributed by atoms with Crippen molar-refractivity contribution in [3.8, 4) is 0 Å². The molecule has 1 saturated carbocycles. The number of aromatic nitrogens is 2. The number of sulfonamides is 1. The predicted molar refractivity (Wildman–Crippen MR) is 58.5 cm³/mol.